The molecule has 1 fully saturated rings. The molecule has 3 amide bonds. The van der Waals surface area contributed by atoms with Crippen LogP contribution >= 0.6 is 0 Å². The lowest BCUT2D eigenvalue weighted by Crippen LogP contribution is -2.58. The first-order chi connectivity index (χ1) is 8.20. The Kier molecular flexibility index (Phi) is 5.76. The second-order valence-corrected chi connectivity index (χ2v) is 3.91. The first-order valence-corrected chi connectivity index (χ1v) is 6.10. The quantitative estimate of drug-likeness (QED) is 0.727. The summed E-state index contributed by atoms with van der Waals surface area (Å²) < 4.78 is 5.26. The van der Waals surface area contributed by atoms with Crippen LogP contribution < -0.4 is 10.6 Å². The number of urea groups is 1. The number of rotatable bonds is 4. The number of carbonyl (C=O) groups is 2. The Labute approximate surface area is 102 Å². The average Bonchev–Trinajstić information content (AvgIpc) is 2.36. The molecule has 0 aliphatic carbocycles. The Bertz CT molecular complexity index is 271. The van der Waals surface area contributed by atoms with Gasteiger partial charge in [-0.25, -0.2) is 4.79 Å². The van der Waals surface area contributed by atoms with Crippen molar-refractivity contribution >= 4 is 11.9 Å². The van der Waals surface area contributed by atoms with Crippen LogP contribution in [0.4, 0.5) is 4.79 Å². The molecule has 6 heteroatoms. The molecule has 6 nitrogen and oxygen atoms in total. The summed E-state index contributed by atoms with van der Waals surface area (Å²) >= 11 is 0. The van der Waals surface area contributed by atoms with E-state index >= 15 is 0 Å². The number of nitrogens with zero attached hydrogens (tertiary/aromatic N) is 1. The summed E-state index contributed by atoms with van der Waals surface area (Å²) in [5.41, 5.74) is 0. The smallest absolute Gasteiger partial charge is 0.318 e. The summed E-state index contributed by atoms with van der Waals surface area (Å²) in [4.78, 5) is 25.2. The minimum atomic E-state index is -0.512. The van der Waals surface area contributed by atoms with Gasteiger partial charge in [-0.05, 0) is 13.3 Å². The van der Waals surface area contributed by atoms with E-state index in [1.165, 1.54) is 4.90 Å². The lowest BCUT2D eigenvalue weighted by atomic mass is 10.2. The minimum absolute atomic E-state index is 0.141. The van der Waals surface area contributed by atoms with E-state index in [2.05, 4.69) is 10.6 Å². The van der Waals surface area contributed by atoms with Crippen LogP contribution in [0.15, 0.2) is 0 Å². The summed E-state index contributed by atoms with van der Waals surface area (Å²) in [7, 11) is 0. The Hall–Kier alpha value is -1.30. The Balaban J connectivity index is 2.58. The largest absolute Gasteiger partial charge is 0.377 e. The molecule has 2 N–H and O–H groups in total. The minimum Gasteiger partial charge on any atom is -0.377 e. The lowest BCUT2D eigenvalue weighted by molar-refractivity contribution is -0.130. The van der Waals surface area contributed by atoms with E-state index in [-0.39, 0.29) is 18.5 Å². The standard InChI is InChI=1S/C11H21N3O3/c1-3-5-13-10(15)9-8-17-7-6-14(9)11(16)12-4-2/h9H,3-8H2,1-2H3,(H,12,16)(H,13,15). The van der Waals surface area contributed by atoms with Crippen molar-refractivity contribution in [2.45, 2.75) is 26.3 Å². The molecule has 0 bridgehead atoms. The summed E-state index contributed by atoms with van der Waals surface area (Å²) in [6.07, 6.45) is 0.875. The van der Waals surface area contributed by atoms with Gasteiger partial charge in [0.05, 0.1) is 13.2 Å². The molecule has 98 valence electrons. The summed E-state index contributed by atoms with van der Waals surface area (Å²) in [6.45, 7) is 6.22. The molecule has 0 radical (unpaired) electrons. The fraction of sp³-hybridized carbons (Fsp3) is 0.818. The number of hydrogen-bond donors (Lipinski definition) is 2. The zero-order valence-electron chi connectivity index (χ0n) is 10.5. The van der Waals surface area contributed by atoms with Gasteiger partial charge in [0.2, 0.25) is 5.91 Å². The summed E-state index contributed by atoms with van der Waals surface area (Å²) in [6, 6.07) is -0.714. The third-order valence-corrected chi connectivity index (χ3v) is 2.57. The van der Waals surface area contributed by atoms with E-state index in [1.807, 2.05) is 13.8 Å². The molecule has 17 heavy (non-hydrogen) atoms. The van der Waals surface area contributed by atoms with Gasteiger partial charge >= 0.3 is 6.03 Å². The van der Waals surface area contributed by atoms with Gasteiger partial charge in [0.1, 0.15) is 6.04 Å². The first kappa shape index (κ1) is 13.8. The predicted octanol–water partition coefficient (Wildman–Crippen LogP) is -0.0571. The van der Waals surface area contributed by atoms with Gasteiger partial charge in [0.15, 0.2) is 0 Å². The molecule has 0 spiro atoms. The first-order valence-electron chi connectivity index (χ1n) is 6.10. The maximum atomic E-state index is 11.9. The maximum Gasteiger partial charge on any atom is 0.318 e. The number of nitrogens with one attached hydrogen (secondary N) is 2. The van der Waals surface area contributed by atoms with Crippen molar-refractivity contribution in [1.82, 2.24) is 15.5 Å². The van der Waals surface area contributed by atoms with Gasteiger partial charge in [-0.1, -0.05) is 6.92 Å². The van der Waals surface area contributed by atoms with Gasteiger partial charge in [-0.3, -0.25) is 4.79 Å². The van der Waals surface area contributed by atoms with Gasteiger partial charge in [0, 0.05) is 19.6 Å². The number of amides is 3. The van der Waals surface area contributed by atoms with Crippen molar-refractivity contribution in [3.8, 4) is 0 Å². The van der Waals surface area contributed by atoms with Crippen molar-refractivity contribution in [3.05, 3.63) is 0 Å². The van der Waals surface area contributed by atoms with Crippen LogP contribution in [-0.4, -0.2) is 55.7 Å². The molecular weight excluding hydrogens is 222 g/mol. The van der Waals surface area contributed by atoms with Crippen molar-refractivity contribution in [2.24, 2.45) is 0 Å². The average molecular weight is 243 g/mol. The molecule has 0 aromatic carbocycles. The van der Waals surface area contributed by atoms with Crippen molar-refractivity contribution < 1.29 is 14.3 Å². The van der Waals surface area contributed by atoms with Crippen LogP contribution in [0.25, 0.3) is 0 Å². The SMILES string of the molecule is CCCNC(=O)C1COCCN1C(=O)NCC. The number of hydrogen-bond acceptors (Lipinski definition) is 3. The third-order valence-electron chi connectivity index (χ3n) is 2.57. The summed E-state index contributed by atoms with van der Waals surface area (Å²) in [5.74, 6) is -0.141. The fourth-order valence-electron chi connectivity index (χ4n) is 1.68. The van der Waals surface area contributed by atoms with Crippen LogP contribution in [-0.2, 0) is 9.53 Å². The third kappa shape index (κ3) is 3.89. The Morgan fingerprint density at radius 2 is 2.12 bits per heavy atom. The van der Waals surface area contributed by atoms with Crippen LogP contribution in [0.3, 0.4) is 0 Å². The van der Waals surface area contributed by atoms with E-state index in [9.17, 15) is 9.59 Å². The number of morpholine rings is 1. The number of ether oxygens (including phenoxy) is 1. The molecule has 1 aliphatic rings. The molecule has 1 unspecified atom stereocenters. The van der Waals surface area contributed by atoms with E-state index in [0.29, 0.717) is 26.2 Å². The highest BCUT2D eigenvalue weighted by Crippen LogP contribution is 2.07. The van der Waals surface area contributed by atoms with Gasteiger partial charge in [0.25, 0.3) is 0 Å². The van der Waals surface area contributed by atoms with E-state index in [4.69, 9.17) is 4.74 Å². The van der Waals surface area contributed by atoms with Crippen LogP contribution in [0, 0.1) is 0 Å². The number of carbonyl (C=O) groups excluding carboxylic acids is 2. The van der Waals surface area contributed by atoms with E-state index in [0.717, 1.165) is 6.42 Å². The van der Waals surface area contributed by atoms with Crippen molar-refractivity contribution in [3.63, 3.8) is 0 Å². The lowest BCUT2D eigenvalue weighted by Gasteiger charge is -2.34. The molecule has 0 aromatic rings. The maximum absolute atomic E-state index is 11.9. The Morgan fingerprint density at radius 1 is 1.35 bits per heavy atom. The second kappa shape index (κ2) is 7.11. The fourth-order valence-corrected chi connectivity index (χ4v) is 1.68. The van der Waals surface area contributed by atoms with E-state index < -0.39 is 6.04 Å². The summed E-state index contributed by atoms with van der Waals surface area (Å²) in [5, 5.41) is 5.50. The molecule has 1 aliphatic heterocycles. The molecular formula is C11H21N3O3. The predicted molar refractivity (Wildman–Crippen MR) is 63.7 cm³/mol. The van der Waals surface area contributed by atoms with E-state index in [1.54, 1.807) is 0 Å². The van der Waals surface area contributed by atoms with Crippen LogP contribution in [0.2, 0.25) is 0 Å². The molecule has 1 saturated heterocycles. The normalized spacial score (nSPS) is 19.9. The zero-order chi connectivity index (χ0) is 12.7. The monoisotopic (exact) mass is 243 g/mol. The molecule has 1 rings (SSSR count). The van der Waals surface area contributed by atoms with Crippen LogP contribution in [0.5, 0.6) is 0 Å². The Morgan fingerprint density at radius 3 is 2.76 bits per heavy atom. The van der Waals surface area contributed by atoms with Gasteiger partial charge < -0.3 is 20.3 Å². The molecule has 1 heterocycles. The highest BCUT2D eigenvalue weighted by molar-refractivity contribution is 5.87. The van der Waals surface area contributed by atoms with Crippen LogP contribution in [0.1, 0.15) is 20.3 Å². The second-order valence-electron chi connectivity index (χ2n) is 3.91. The molecule has 0 saturated carbocycles. The van der Waals surface area contributed by atoms with Crippen molar-refractivity contribution in [2.75, 3.05) is 32.8 Å². The molecule has 0 aromatic heterocycles. The highest BCUT2D eigenvalue weighted by atomic mass is 16.5. The topological polar surface area (TPSA) is 70.7 Å². The molecule has 1 atom stereocenters. The van der Waals surface area contributed by atoms with Crippen molar-refractivity contribution in [1.29, 1.82) is 0 Å². The zero-order valence-corrected chi connectivity index (χ0v) is 10.5. The van der Waals surface area contributed by atoms with Gasteiger partial charge in [-0.15, -0.1) is 0 Å². The highest BCUT2D eigenvalue weighted by Gasteiger charge is 2.32. The van der Waals surface area contributed by atoms with Gasteiger partial charge in [-0.2, -0.15) is 0 Å².